The Morgan fingerprint density at radius 1 is 1.07 bits per heavy atom. The largest absolute Gasteiger partial charge is 0.505 e. The summed E-state index contributed by atoms with van der Waals surface area (Å²) in [4.78, 5) is 29.2. The number of carbonyl (C=O) groups excluding carboxylic acids is 2. The first-order chi connectivity index (χ1) is 19.4. The fraction of sp³-hybridized carbons (Fsp3) is 0.312. The SMILES string of the molecule is O=C1[C@@H]2[C@@H](CC(CO)=C3[C@@H](CC/C(=C/c4ccc(O)c(F)c4)c4ccccc4)OC[C@@H]32)C(=O)N1Cc1cccs1. The third-order valence-corrected chi connectivity index (χ3v) is 9.18. The molecule has 0 bridgehead atoms. The number of aliphatic hydroxyl groups is 1. The highest BCUT2D eigenvalue weighted by atomic mass is 32.1. The average Bonchev–Trinajstić information content (AvgIpc) is 3.69. The molecule has 2 saturated heterocycles. The van der Waals surface area contributed by atoms with Gasteiger partial charge in [-0.1, -0.05) is 48.5 Å². The number of carbonyl (C=O) groups is 2. The lowest BCUT2D eigenvalue weighted by molar-refractivity contribution is -0.140. The van der Waals surface area contributed by atoms with Crippen LogP contribution in [0.2, 0.25) is 0 Å². The molecule has 1 aromatic heterocycles. The van der Waals surface area contributed by atoms with Crippen LogP contribution in [0.25, 0.3) is 11.6 Å². The van der Waals surface area contributed by atoms with Gasteiger partial charge in [-0.3, -0.25) is 14.5 Å². The minimum Gasteiger partial charge on any atom is -0.505 e. The predicted molar refractivity (Wildman–Crippen MR) is 150 cm³/mol. The van der Waals surface area contributed by atoms with E-state index in [4.69, 9.17) is 4.74 Å². The van der Waals surface area contributed by atoms with Gasteiger partial charge in [-0.2, -0.15) is 0 Å². The molecule has 6 rings (SSSR count). The Hall–Kier alpha value is -3.59. The maximum atomic E-state index is 14.0. The van der Waals surface area contributed by atoms with Gasteiger partial charge in [0.2, 0.25) is 11.8 Å². The summed E-state index contributed by atoms with van der Waals surface area (Å²) >= 11 is 1.52. The van der Waals surface area contributed by atoms with Crippen molar-refractivity contribution < 1.29 is 28.9 Å². The van der Waals surface area contributed by atoms with Gasteiger partial charge in [0.15, 0.2) is 11.6 Å². The molecular weight excluding hydrogens is 529 g/mol. The van der Waals surface area contributed by atoms with Crippen molar-refractivity contribution >= 4 is 34.8 Å². The number of allylic oxidation sites excluding steroid dienone is 1. The van der Waals surface area contributed by atoms with Crippen LogP contribution in [-0.2, 0) is 20.9 Å². The van der Waals surface area contributed by atoms with Gasteiger partial charge in [-0.15, -0.1) is 11.3 Å². The number of benzene rings is 2. The number of ether oxygens (including phenoxy) is 1. The first-order valence-electron chi connectivity index (χ1n) is 13.5. The standard InChI is InChI=1S/C32H30FNO5S/c33-26-14-19(8-10-27(26)36)13-21(20-5-2-1-3-6-20)9-11-28-29-22(17-35)15-24-30(25(29)18-39-28)32(38)34(31(24)37)16-23-7-4-12-40-23/h1-8,10,12-14,24-25,28,30,35-36H,9,11,15-18H2/b21-13-/t24-,25+,28-,30-/m1/s1. The number of aromatic hydroxyl groups is 1. The van der Waals surface area contributed by atoms with Gasteiger partial charge in [-0.05, 0) is 70.7 Å². The number of phenols is 1. The van der Waals surface area contributed by atoms with Crippen LogP contribution in [0, 0.1) is 23.6 Å². The fourth-order valence-electron chi connectivity index (χ4n) is 6.45. The highest BCUT2D eigenvalue weighted by molar-refractivity contribution is 7.09. The molecule has 4 atom stereocenters. The molecule has 0 radical (unpaired) electrons. The van der Waals surface area contributed by atoms with Crippen LogP contribution >= 0.6 is 11.3 Å². The normalized spacial score (nSPS) is 24.6. The van der Waals surface area contributed by atoms with Gasteiger partial charge < -0.3 is 14.9 Å². The van der Waals surface area contributed by atoms with Gasteiger partial charge >= 0.3 is 0 Å². The van der Waals surface area contributed by atoms with Crippen molar-refractivity contribution in [2.45, 2.75) is 31.9 Å². The lowest BCUT2D eigenvalue weighted by Crippen LogP contribution is -2.34. The number of halogens is 1. The lowest BCUT2D eigenvalue weighted by Gasteiger charge is -2.31. The first kappa shape index (κ1) is 26.6. The molecular formula is C32H30FNO5S. The Kier molecular flexibility index (Phi) is 7.40. The van der Waals surface area contributed by atoms with Crippen molar-refractivity contribution in [2.75, 3.05) is 13.2 Å². The van der Waals surface area contributed by atoms with Crippen molar-refractivity contribution in [2.24, 2.45) is 17.8 Å². The maximum Gasteiger partial charge on any atom is 0.234 e. The molecule has 3 aromatic rings. The minimum atomic E-state index is -0.679. The fourth-order valence-corrected chi connectivity index (χ4v) is 7.14. The Morgan fingerprint density at radius 2 is 1.90 bits per heavy atom. The summed E-state index contributed by atoms with van der Waals surface area (Å²) in [6, 6.07) is 18.0. The Labute approximate surface area is 236 Å². The molecule has 0 spiro atoms. The van der Waals surface area contributed by atoms with Crippen molar-refractivity contribution in [3.8, 4) is 5.75 Å². The van der Waals surface area contributed by atoms with E-state index < -0.39 is 23.4 Å². The molecule has 2 fully saturated rings. The number of nitrogens with zero attached hydrogens (tertiary/aromatic N) is 1. The number of rotatable bonds is 8. The highest BCUT2D eigenvalue weighted by Gasteiger charge is 2.56. The zero-order chi connectivity index (χ0) is 27.8. The molecule has 2 N–H and O–H groups in total. The summed E-state index contributed by atoms with van der Waals surface area (Å²) < 4.78 is 20.3. The molecule has 8 heteroatoms. The third-order valence-electron chi connectivity index (χ3n) is 8.32. The third kappa shape index (κ3) is 4.91. The highest BCUT2D eigenvalue weighted by Crippen LogP contribution is 2.50. The zero-order valence-electron chi connectivity index (χ0n) is 21.8. The number of fused-ring (bicyclic) bond motifs is 3. The van der Waals surface area contributed by atoms with E-state index in [0.717, 1.165) is 27.2 Å². The summed E-state index contributed by atoms with van der Waals surface area (Å²) in [5.41, 5.74) is 4.37. The van der Waals surface area contributed by atoms with E-state index >= 15 is 0 Å². The zero-order valence-corrected chi connectivity index (χ0v) is 22.6. The summed E-state index contributed by atoms with van der Waals surface area (Å²) in [5, 5.41) is 21.8. The van der Waals surface area contributed by atoms with E-state index in [0.29, 0.717) is 31.4 Å². The van der Waals surface area contributed by atoms with Crippen LogP contribution < -0.4 is 0 Å². The number of amides is 2. The predicted octanol–water partition coefficient (Wildman–Crippen LogP) is 5.42. The maximum absolute atomic E-state index is 14.0. The van der Waals surface area contributed by atoms with Gasteiger partial charge in [0.1, 0.15) is 0 Å². The van der Waals surface area contributed by atoms with Gasteiger partial charge in [0.05, 0.1) is 37.7 Å². The van der Waals surface area contributed by atoms with E-state index in [9.17, 15) is 24.2 Å². The second-order valence-electron chi connectivity index (χ2n) is 10.6. The van der Waals surface area contributed by atoms with Crippen LogP contribution in [0.3, 0.4) is 0 Å². The quantitative estimate of drug-likeness (QED) is 0.219. The average molecular weight is 560 g/mol. The molecule has 3 heterocycles. The van der Waals surface area contributed by atoms with Gasteiger partial charge in [0, 0.05) is 10.8 Å². The van der Waals surface area contributed by atoms with Gasteiger partial charge in [-0.25, -0.2) is 4.39 Å². The summed E-state index contributed by atoms with van der Waals surface area (Å²) in [6.45, 7) is 0.450. The number of hydrogen-bond acceptors (Lipinski definition) is 6. The lowest BCUT2D eigenvalue weighted by atomic mass is 9.69. The molecule has 1 aliphatic carbocycles. The number of aliphatic hydroxyl groups excluding tert-OH is 1. The van der Waals surface area contributed by atoms with Gasteiger partial charge in [0.25, 0.3) is 0 Å². The van der Waals surface area contributed by atoms with E-state index in [2.05, 4.69) is 0 Å². The molecule has 3 aliphatic rings. The Bertz CT molecular complexity index is 1480. The van der Waals surface area contributed by atoms with Crippen LogP contribution in [0.15, 0.2) is 77.2 Å². The van der Waals surface area contributed by atoms with E-state index in [1.54, 1.807) is 6.07 Å². The van der Waals surface area contributed by atoms with E-state index in [1.165, 1.54) is 28.4 Å². The molecule has 40 heavy (non-hydrogen) atoms. The number of likely N-dealkylation sites (tertiary alicyclic amines) is 1. The second kappa shape index (κ2) is 11.1. The van der Waals surface area contributed by atoms with Crippen molar-refractivity contribution in [3.05, 3.63) is 99.0 Å². The van der Waals surface area contributed by atoms with Crippen LogP contribution in [0.4, 0.5) is 4.39 Å². The van der Waals surface area contributed by atoms with E-state index in [-0.39, 0.29) is 37.0 Å². The van der Waals surface area contributed by atoms with Crippen molar-refractivity contribution in [1.29, 1.82) is 0 Å². The minimum absolute atomic E-state index is 0.147. The molecule has 2 amide bonds. The summed E-state index contributed by atoms with van der Waals surface area (Å²) in [6.07, 6.45) is 3.20. The van der Waals surface area contributed by atoms with Crippen molar-refractivity contribution in [3.63, 3.8) is 0 Å². The topological polar surface area (TPSA) is 87.1 Å². The second-order valence-corrected chi connectivity index (χ2v) is 11.6. The summed E-state index contributed by atoms with van der Waals surface area (Å²) in [5.74, 6) is -2.54. The first-order valence-corrected chi connectivity index (χ1v) is 14.4. The molecule has 2 aromatic carbocycles. The monoisotopic (exact) mass is 559 g/mol. The smallest absolute Gasteiger partial charge is 0.234 e. The van der Waals surface area contributed by atoms with Crippen LogP contribution in [0.1, 0.15) is 35.3 Å². The summed E-state index contributed by atoms with van der Waals surface area (Å²) in [7, 11) is 0. The van der Waals surface area contributed by atoms with E-state index in [1.807, 2.05) is 53.9 Å². The molecule has 6 nitrogen and oxygen atoms in total. The van der Waals surface area contributed by atoms with Crippen molar-refractivity contribution in [1.82, 2.24) is 4.90 Å². The Balaban J connectivity index is 1.25. The Morgan fingerprint density at radius 3 is 2.62 bits per heavy atom. The van der Waals surface area contributed by atoms with Crippen LogP contribution in [0.5, 0.6) is 5.75 Å². The molecule has 0 saturated carbocycles. The number of imide groups is 1. The number of phenolic OH excluding ortho intramolecular Hbond substituents is 1. The van der Waals surface area contributed by atoms with Crippen LogP contribution in [-0.4, -0.2) is 46.2 Å². The molecule has 0 unspecified atom stereocenters. The molecule has 2 aliphatic heterocycles. The number of hydrogen-bond donors (Lipinski definition) is 2. The number of thiophene rings is 1. The molecule has 206 valence electrons.